The third-order valence-electron chi connectivity index (χ3n) is 13.7. The topological polar surface area (TPSA) is 36.9 Å². The van der Waals surface area contributed by atoms with Crippen LogP contribution in [0.4, 0.5) is 0 Å². The molecule has 0 radical (unpaired) electrons. The van der Waals surface area contributed by atoms with Gasteiger partial charge in [-0.25, -0.2) is 0 Å². The summed E-state index contributed by atoms with van der Waals surface area (Å²) in [6.45, 7) is 31.8. The SMILES string of the molecule is CC(C)(C)c1cc2c([CH2][Hg][O]CCS)c(c1)Cc1cc(C(C)(C)C)cc(c1[CH2][Hg][O]CCS)Cc1cc(C(C)(C)C)cc(c1[CH2][Hg][O]CCS)Cc1cc(C(C)(C)C)cc(c1[CH2][Hg][O]CCS)C2. The zero-order valence-corrected chi connectivity index (χ0v) is 69.8. The molecule has 5 rings (SSSR count). The molecule has 0 saturated carbocycles. The molecule has 0 fully saturated rings. The molecule has 8 bridgehead atoms. The average molecular weight is 1750 g/mol. The first-order valence-electron chi connectivity index (χ1n) is 25.4. The Hall–Kier alpha value is 1.86. The minimum atomic E-state index is -1.78. The Morgan fingerprint density at radius 3 is 0.618 bits per heavy atom. The molecule has 0 saturated heterocycles. The Balaban J connectivity index is 1.99. The molecule has 0 heterocycles. The summed E-state index contributed by atoms with van der Waals surface area (Å²) < 4.78 is 30.5. The molecule has 4 nitrogen and oxygen atoms in total. The van der Waals surface area contributed by atoms with Crippen LogP contribution in [0.2, 0.25) is 0 Å². The van der Waals surface area contributed by atoms with Gasteiger partial charge in [-0.3, -0.25) is 0 Å². The monoisotopic (exact) mass is 1750 g/mol. The fraction of sp³-hybridized carbons (Fsp3) is 0.571. The van der Waals surface area contributed by atoms with Crippen LogP contribution < -0.4 is 0 Å². The number of rotatable bonds is 20. The van der Waals surface area contributed by atoms with Gasteiger partial charge in [-0.2, -0.15) is 0 Å². The fourth-order valence-electron chi connectivity index (χ4n) is 9.65. The Morgan fingerprint density at radius 1 is 0.324 bits per heavy atom. The van der Waals surface area contributed by atoms with Crippen LogP contribution in [-0.2, 0) is 174 Å². The maximum atomic E-state index is 6.54. The molecule has 1 aliphatic rings. The van der Waals surface area contributed by atoms with Crippen LogP contribution in [-0.4, -0.2) is 49.4 Å². The summed E-state index contributed by atoms with van der Waals surface area (Å²) in [5, 5.41) is 0. The molecule has 0 aromatic heterocycles. The van der Waals surface area contributed by atoms with Gasteiger partial charge in [-0.15, -0.1) is 0 Å². The first-order chi connectivity index (χ1) is 32.1. The number of hydrogen-bond donors (Lipinski definition) is 4. The molecule has 0 aliphatic heterocycles. The summed E-state index contributed by atoms with van der Waals surface area (Å²) in [6.07, 6.45) is 3.68. The molecule has 0 atom stereocenters. The fourth-order valence-corrected chi connectivity index (χ4v) is 34.8. The van der Waals surface area contributed by atoms with Gasteiger partial charge in [0.15, 0.2) is 0 Å². The van der Waals surface area contributed by atoms with Crippen LogP contribution >= 0.6 is 50.5 Å². The molecule has 4 aromatic rings. The van der Waals surface area contributed by atoms with E-state index in [4.69, 9.17) is 10.6 Å². The zero-order chi connectivity index (χ0) is 49.9. The summed E-state index contributed by atoms with van der Waals surface area (Å²) >= 11 is 11.2. The van der Waals surface area contributed by atoms with Crippen LogP contribution in [0.5, 0.6) is 0 Å². The second kappa shape index (κ2) is 28.3. The van der Waals surface area contributed by atoms with Gasteiger partial charge in [-0.05, 0) is 0 Å². The van der Waals surface area contributed by atoms with Crippen molar-refractivity contribution in [3.63, 3.8) is 0 Å². The van der Waals surface area contributed by atoms with Crippen molar-refractivity contribution in [2.75, 3.05) is 49.4 Å². The second-order valence-electron chi connectivity index (χ2n) is 23.1. The predicted molar refractivity (Wildman–Crippen MR) is 286 cm³/mol. The van der Waals surface area contributed by atoms with Crippen molar-refractivity contribution in [3.05, 3.63) is 138 Å². The van der Waals surface area contributed by atoms with Crippen molar-refractivity contribution in [2.24, 2.45) is 0 Å². The summed E-state index contributed by atoms with van der Waals surface area (Å²) in [6, 6.07) is 20.9. The van der Waals surface area contributed by atoms with E-state index in [0.29, 0.717) is 0 Å². The molecule has 0 spiro atoms. The molecular weight excluding hydrogens is 1670 g/mol. The first-order valence-corrected chi connectivity index (χ1v) is 52.5. The minimum absolute atomic E-state index is 0.0144. The van der Waals surface area contributed by atoms with Crippen molar-refractivity contribution in [3.8, 4) is 0 Å². The standard InChI is InChI=1S/C48H60.4C2H5OS.4Hg/c1-29-33-17-35-23-42(46(8,9)10)25-37(30(35)2)19-39-27-44(48(14,15)16)28-40(32(39)4)20-38-26-43(47(11,12)13)24-36(31(38)3)18-34(29)22-41(21-33)45(5,6)7;4*3-1-2-4;;;;/h21-28H,1-4,17-20H2,5-16H3;4*4H,1-2H2;;;;/q;4*-1;4*+1. The van der Waals surface area contributed by atoms with Gasteiger partial charge in [0, 0.05) is 0 Å². The van der Waals surface area contributed by atoms with Crippen LogP contribution in [0.25, 0.3) is 0 Å². The van der Waals surface area contributed by atoms with Crippen LogP contribution in [0.1, 0.15) is 172 Å². The van der Waals surface area contributed by atoms with Crippen molar-refractivity contribution in [1.82, 2.24) is 0 Å². The van der Waals surface area contributed by atoms with E-state index in [0.717, 1.165) is 90.8 Å². The summed E-state index contributed by atoms with van der Waals surface area (Å²) in [5.41, 5.74) is 23.9. The average Bonchev–Trinajstić information content (AvgIpc) is 3.24. The van der Waals surface area contributed by atoms with Crippen LogP contribution in [0.15, 0.2) is 48.5 Å². The molecule has 4 aromatic carbocycles. The van der Waals surface area contributed by atoms with Crippen molar-refractivity contribution in [2.45, 2.75) is 146 Å². The number of fused-ring (bicyclic) bond motifs is 8. The van der Waals surface area contributed by atoms with Gasteiger partial charge < -0.3 is 0 Å². The third-order valence-corrected chi connectivity index (χ3v) is 34.3. The molecule has 360 valence electrons. The third kappa shape index (κ3) is 18.0. The Bertz CT molecular complexity index is 1860. The van der Waals surface area contributed by atoms with E-state index in [1.165, 1.54) is 66.8 Å². The van der Waals surface area contributed by atoms with Gasteiger partial charge in [0.05, 0.1) is 0 Å². The first kappa shape index (κ1) is 60.7. The van der Waals surface area contributed by atoms with Gasteiger partial charge in [-0.1, -0.05) is 0 Å². The zero-order valence-electron chi connectivity index (χ0n) is 44.2. The number of benzene rings is 4. The van der Waals surface area contributed by atoms with Crippen LogP contribution in [0.3, 0.4) is 0 Å². The second-order valence-corrected chi connectivity index (χ2v) is 45.4. The van der Waals surface area contributed by atoms with Crippen molar-refractivity contribution in [1.29, 1.82) is 0 Å². The quantitative estimate of drug-likeness (QED) is 0.0356. The Kier molecular flexibility index (Phi) is 25.3. The number of thiol groups is 4. The Morgan fingerprint density at radius 2 is 0.485 bits per heavy atom. The van der Waals surface area contributed by atoms with E-state index < -0.39 is 100 Å². The summed E-state index contributed by atoms with van der Waals surface area (Å²) in [5.74, 6) is 3.10. The molecular formula is C56H80Hg4O4S4. The summed E-state index contributed by atoms with van der Waals surface area (Å²) in [7, 11) is 0. The van der Waals surface area contributed by atoms with Gasteiger partial charge >= 0.3 is 494 Å². The number of hydrogen-bond acceptors (Lipinski definition) is 8. The molecule has 0 amide bonds. The molecule has 68 heavy (non-hydrogen) atoms. The Labute approximate surface area is 487 Å². The molecule has 0 unspecified atom stereocenters. The predicted octanol–water partition coefficient (Wildman–Crippen LogP) is 13.3. The van der Waals surface area contributed by atoms with E-state index in [1.807, 2.05) is 0 Å². The maximum absolute atomic E-state index is 6.54. The summed E-state index contributed by atoms with van der Waals surface area (Å²) in [4.78, 5) is 0. The normalized spacial score (nSPS) is 13.2. The molecule has 0 N–H and O–H groups in total. The van der Waals surface area contributed by atoms with Crippen molar-refractivity contribution < 1.29 is 111 Å². The van der Waals surface area contributed by atoms with Gasteiger partial charge in [0.25, 0.3) is 0 Å². The van der Waals surface area contributed by atoms with Gasteiger partial charge in [0.2, 0.25) is 0 Å². The van der Waals surface area contributed by atoms with E-state index in [2.05, 4.69) is 182 Å². The molecule has 12 heteroatoms. The molecule has 1 aliphatic carbocycles. The van der Waals surface area contributed by atoms with Crippen LogP contribution in [0, 0.1) is 0 Å². The van der Waals surface area contributed by atoms with E-state index >= 15 is 0 Å². The van der Waals surface area contributed by atoms with Crippen molar-refractivity contribution >= 4 is 50.5 Å². The van der Waals surface area contributed by atoms with Gasteiger partial charge in [0.1, 0.15) is 0 Å². The van der Waals surface area contributed by atoms with E-state index in [1.54, 1.807) is 22.3 Å². The van der Waals surface area contributed by atoms with E-state index in [9.17, 15) is 0 Å². The van der Waals surface area contributed by atoms with E-state index in [-0.39, 0.29) is 21.7 Å².